The molecule has 142 valence electrons. The van der Waals surface area contributed by atoms with Crippen LogP contribution in [0.15, 0.2) is 51.5 Å². The summed E-state index contributed by atoms with van der Waals surface area (Å²) in [7, 11) is 0. The van der Waals surface area contributed by atoms with Crippen molar-refractivity contribution in [2.75, 3.05) is 6.54 Å². The Hall–Kier alpha value is -3.10. The Labute approximate surface area is 168 Å². The van der Waals surface area contributed by atoms with Crippen LogP contribution in [0.4, 0.5) is 0 Å². The number of benzene rings is 1. The van der Waals surface area contributed by atoms with Crippen LogP contribution < -0.4 is 0 Å². The first kappa shape index (κ1) is 19.7. The van der Waals surface area contributed by atoms with Crippen LogP contribution >= 0.6 is 11.6 Å². The van der Waals surface area contributed by atoms with Crippen molar-refractivity contribution in [2.24, 2.45) is 0 Å². The summed E-state index contributed by atoms with van der Waals surface area (Å²) in [6, 6.07) is 11.1. The second-order valence-corrected chi connectivity index (χ2v) is 7.00. The predicted octanol–water partition coefficient (Wildman–Crippen LogP) is 4.91. The molecule has 0 unspecified atom stereocenters. The van der Waals surface area contributed by atoms with Gasteiger partial charge < -0.3 is 4.42 Å². The number of carbonyl (C=O) groups is 2. The summed E-state index contributed by atoms with van der Waals surface area (Å²) in [5.41, 5.74) is 2.42. The molecule has 1 aliphatic rings. The van der Waals surface area contributed by atoms with Crippen LogP contribution in [0.3, 0.4) is 0 Å². The lowest BCUT2D eigenvalue weighted by Gasteiger charge is -2.26. The molecule has 1 aromatic heterocycles. The maximum absolute atomic E-state index is 12.8. The van der Waals surface area contributed by atoms with E-state index in [4.69, 9.17) is 16.0 Å². The lowest BCUT2D eigenvalue weighted by atomic mass is 9.94. The van der Waals surface area contributed by atoms with E-state index >= 15 is 0 Å². The standard InChI is InChI=1S/C22H19ClN2O3/c1-4-9-25-21(26)17(14(3)18(12-24)22(25)27)11-16-7-8-20(28-16)15-6-5-13(2)19(23)10-15/h5-8,10-11H,4,9H2,1-3H3/b17-11+. The van der Waals surface area contributed by atoms with E-state index in [9.17, 15) is 14.9 Å². The highest BCUT2D eigenvalue weighted by Crippen LogP contribution is 2.30. The zero-order valence-electron chi connectivity index (χ0n) is 15.9. The average Bonchev–Trinajstić information content (AvgIpc) is 3.14. The Bertz CT molecular complexity index is 1070. The SMILES string of the molecule is CCCN1C(=O)C(C#N)=C(C)/C(=C\c2ccc(-c3ccc(C)c(Cl)c3)o2)C1=O. The van der Waals surface area contributed by atoms with E-state index in [0.29, 0.717) is 28.5 Å². The van der Waals surface area contributed by atoms with Gasteiger partial charge >= 0.3 is 0 Å². The third kappa shape index (κ3) is 3.51. The van der Waals surface area contributed by atoms with E-state index < -0.39 is 11.8 Å². The van der Waals surface area contributed by atoms with E-state index in [-0.39, 0.29) is 17.7 Å². The van der Waals surface area contributed by atoms with Gasteiger partial charge in [-0.1, -0.05) is 30.7 Å². The summed E-state index contributed by atoms with van der Waals surface area (Å²) < 4.78 is 5.86. The van der Waals surface area contributed by atoms with Gasteiger partial charge in [-0.05, 0) is 55.7 Å². The molecule has 2 aromatic rings. The number of hydrogen-bond acceptors (Lipinski definition) is 4. The third-order valence-electron chi connectivity index (χ3n) is 4.64. The van der Waals surface area contributed by atoms with Crippen LogP contribution in [-0.2, 0) is 9.59 Å². The topological polar surface area (TPSA) is 74.3 Å². The molecule has 1 aliphatic heterocycles. The number of aryl methyl sites for hydroxylation is 1. The van der Waals surface area contributed by atoms with Gasteiger partial charge in [-0.2, -0.15) is 5.26 Å². The van der Waals surface area contributed by atoms with Gasteiger partial charge in [0.05, 0.1) is 0 Å². The summed E-state index contributed by atoms with van der Waals surface area (Å²) in [5.74, 6) is 0.108. The normalized spacial score (nSPS) is 16.1. The highest BCUT2D eigenvalue weighted by atomic mass is 35.5. The van der Waals surface area contributed by atoms with Crippen molar-refractivity contribution < 1.29 is 14.0 Å². The summed E-state index contributed by atoms with van der Waals surface area (Å²) >= 11 is 6.18. The fraction of sp³-hybridized carbons (Fsp3) is 0.227. The van der Waals surface area contributed by atoms with Gasteiger partial charge in [-0.3, -0.25) is 14.5 Å². The highest BCUT2D eigenvalue weighted by molar-refractivity contribution is 6.31. The van der Waals surface area contributed by atoms with Gasteiger partial charge in [0, 0.05) is 22.7 Å². The van der Waals surface area contributed by atoms with Gasteiger partial charge in [-0.15, -0.1) is 0 Å². The molecule has 0 bridgehead atoms. The molecule has 1 aromatic carbocycles. The Morgan fingerprint density at radius 3 is 2.57 bits per heavy atom. The number of amides is 2. The molecule has 6 heteroatoms. The molecule has 0 spiro atoms. The Balaban J connectivity index is 2.02. The second-order valence-electron chi connectivity index (χ2n) is 6.60. The molecule has 2 heterocycles. The average molecular weight is 395 g/mol. The van der Waals surface area contributed by atoms with Gasteiger partial charge in [0.2, 0.25) is 0 Å². The molecule has 0 atom stereocenters. The molecule has 5 nitrogen and oxygen atoms in total. The van der Waals surface area contributed by atoms with Crippen LogP contribution in [0.5, 0.6) is 0 Å². The van der Waals surface area contributed by atoms with Crippen LogP contribution in [-0.4, -0.2) is 23.3 Å². The summed E-state index contributed by atoms with van der Waals surface area (Å²) in [6.45, 7) is 5.66. The number of halogens is 1. The van der Waals surface area contributed by atoms with E-state index in [1.807, 2.05) is 38.1 Å². The first-order valence-corrected chi connectivity index (χ1v) is 9.30. The predicted molar refractivity (Wildman–Crippen MR) is 107 cm³/mol. The molecule has 0 radical (unpaired) electrons. The minimum Gasteiger partial charge on any atom is -0.457 e. The van der Waals surface area contributed by atoms with Gasteiger partial charge in [0.15, 0.2) is 0 Å². The Morgan fingerprint density at radius 1 is 1.18 bits per heavy atom. The number of furan rings is 1. The van der Waals surface area contributed by atoms with Crippen molar-refractivity contribution in [3.8, 4) is 17.4 Å². The second kappa shape index (κ2) is 7.87. The fourth-order valence-corrected chi connectivity index (χ4v) is 3.21. The van der Waals surface area contributed by atoms with E-state index in [1.54, 1.807) is 25.1 Å². The smallest absolute Gasteiger partial charge is 0.271 e. The number of nitrogens with zero attached hydrogens (tertiary/aromatic N) is 2. The van der Waals surface area contributed by atoms with Crippen molar-refractivity contribution in [3.63, 3.8) is 0 Å². The lowest BCUT2D eigenvalue weighted by Crippen LogP contribution is -2.43. The lowest BCUT2D eigenvalue weighted by molar-refractivity contribution is -0.140. The fourth-order valence-electron chi connectivity index (χ4n) is 3.03. The van der Waals surface area contributed by atoms with Gasteiger partial charge in [0.25, 0.3) is 11.8 Å². The number of carbonyl (C=O) groups excluding carboxylic acids is 2. The van der Waals surface area contributed by atoms with Crippen molar-refractivity contribution in [2.45, 2.75) is 27.2 Å². The number of nitriles is 1. The maximum Gasteiger partial charge on any atom is 0.271 e. The zero-order valence-corrected chi connectivity index (χ0v) is 16.6. The molecule has 28 heavy (non-hydrogen) atoms. The van der Waals surface area contributed by atoms with Gasteiger partial charge in [0.1, 0.15) is 23.2 Å². The minimum atomic E-state index is -0.543. The summed E-state index contributed by atoms with van der Waals surface area (Å²) in [5, 5.41) is 10.0. The first-order chi connectivity index (χ1) is 13.4. The van der Waals surface area contributed by atoms with E-state index in [2.05, 4.69) is 0 Å². The first-order valence-electron chi connectivity index (χ1n) is 8.93. The Morgan fingerprint density at radius 2 is 1.93 bits per heavy atom. The van der Waals surface area contributed by atoms with Crippen LogP contribution in [0.2, 0.25) is 5.02 Å². The van der Waals surface area contributed by atoms with Crippen molar-refractivity contribution in [1.29, 1.82) is 5.26 Å². The maximum atomic E-state index is 12.8. The number of imide groups is 1. The molecule has 0 saturated heterocycles. The molecule has 0 N–H and O–H groups in total. The third-order valence-corrected chi connectivity index (χ3v) is 5.05. The number of rotatable bonds is 4. The molecule has 0 aliphatic carbocycles. The van der Waals surface area contributed by atoms with Crippen molar-refractivity contribution in [3.05, 3.63) is 63.4 Å². The largest absolute Gasteiger partial charge is 0.457 e. The minimum absolute atomic E-state index is 0.0172. The molecular formula is C22H19ClN2O3. The quantitative estimate of drug-likeness (QED) is 0.545. The van der Waals surface area contributed by atoms with Crippen LogP contribution in [0, 0.1) is 18.3 Å². The molecular weight excluding hydrogens is 376 g/mol. The van der Waals surface area contributed by atoms with Crippen LogP contribution in [0.25, 0.3) is 17.4 Å². The van der Waals surface area contributed by atoms with Crippen LogP contribution in [0.1, 0.15) is 31.6 Å². The highest BCUT2D eigenvalue weighted by Gasteiger charge is 2.35. The summed E-state index contributed by atoms with van der Waals surface area (Å²) in [6.07, 6.45) is 2.19. The monoisotopic (exact) mass is 394 g/mol. The van der Waals surface area contributed by atoms with E-state index in [1.165, 1.54) is 0 Å². The van der Waals surface area contributed by atoms with Crippen molar-refractivity contribution in [1.82, 2.24) is 4.90 Å². The summed E-state index contributed by atoms with van der Waals surface area (Å²) in [4.78, 5) is 26.3. The van der Waals surface area contributed by atoms with E-state index in [0.717, 1.165) is 16.0 Å². The van der Waals surface area contributed by atoms with Gasteiger partial charge in [-0.25, -0.2) is 0 Å². The molecule has 0 saturated carbocycles. The molecule has 0 fully saturated rings. The van der Waals surface area contributed by atoms with Crippen molar-refractivity contribution >= 4 is 29.5 Å². The zero-order chi connectivity index (χ0) is 20.4. The molecule has 2 amide bonds. The number of hydrogen-bond donors (Lipinski definition) is 0. The molecule has 3 rings (SSSR count). The Kier molecular flexibility index (Phi) is 5.53.